The van der Waals surface area contributed by atoms with Crippen molar-refractivity contribution in [3.63, 3.8) is 0 Å². The summed E-state index contributed by atoms with van der Waals surface area (Å²) >= 11 is 0. The van der Waals surface area contributed by atoms with Crippen LogP contribution in [0.15, 0.2) is 63.9 Å². The topological polar surface area (TPSA) is 79.2 Å². The zero-order chi connectivity index (χ0) is 18.6. The molecule has 2 aromatic heterocycles. The second-order valence-electron chi connectivity index (χ2n) is 6.85. The highest BCUT2D eigenvalue weighted by molar-refractivity contribution is 5.92. The SMILES string of the molecule is O=C(c1cccc(=O)[nH]1)N1CCCC(c2ncc(Cc3ccccc3)o2)C1. The third-order valence-corrected chi connectivity index (χ3v) is 4.85. The van der Waals surface area contributed by atoms with Crippen LogP contribution in [0.25, 0.3) is 0 Å². The number of hydrogen-bond acceptors (Lipinski definition) is 4. The van der Waals surface area contributed by atoms with Crippen molar-refractivity contribution in [2.24, 2.45) is 0 Å². The van der Waals surface area contributed by atoms with Crippen molar-refractivity contribution in [2.75, 3.05) is 13.1 Å². The zero-order valence-corrected chi connectivity index (χ0v) is 14.9. The number of benzene rings is 1. The number of H-pyrrole nitrogens is 1. The maximum Gasteiger partial charge on any atom is 0.270 e. The van der Waals surface area contributed by atoms with Gasteiger partial charge < -0.3 is 14.3 Å². The molecule has 0 spiro atoms. The third-order valence-electron chi connectivity index (χ3n) is 4.85. The predicted octanol–water partition coefficient (Wildman–Crippen LogP) is 2.97. The summed E-state index contributed by atoms with van der Waals surface area (Å²) in [5.41, 5.74) is 1.22. The van der Waals surface area contributed by atoms with Gasteiger partial charge in [0.25, 0.3) is 5.91 Å². The Balaban J connectivity index is 1.45. The summed E-state index contributed by atoms with van der Waals surface area (Å²) in [4.78, 5) is 33.0. The number of oxazole rings is 1. The molecule has 1 unspecified atom stereocenters. The van der Waals surface area contributed by atoms with Crippen LogP contribution in [-0.2, 0) is 6.42 Å². The van der Waals surface area contributed by atoms with Gasteiger partial charge in [0.2, 0.25) is 5.56 Å². The van der Waals surface area contributed by atoms with E-state index in [2.05, 4.69) is 22.1 Å². The first-order chi connectivity index (χ1) is 13.2. The molecule has 0 bridgehead atoms. The summed E-state index contributed by atoms with van der Waals surface area (Å²) in [5.74, 6) is 1.42. The van der Waals surface area contributed by atoms with Crippen LogP contribution >= 0.6 is 0 Å². The average molecular weight is 363 g/mol. The van der Waals surface area contributed by atoms with Gasteiger partial charge in [-0.15, -0.1) is 0 Å². The summed E-state index contributed by atoms with van der Waals surface area (Å²) in [6.45, 7) is 1.21. The molecule has 1 N–H and O–H groups in total. The maximum absolute atomic E-state index is 12.7. The molecule has 27 heavy (non-hydrogen) atoms. The van der Waals surface area contributed by atoms with E-state index in [-0.39, 0.29) is 17.4 Å². The van der Waals surface area contributed by atoms with Gasteiger partial charge in [-0.25, -0.2) is 4.98 Å². The van der Waals surface area contributed by atoms with Crippen LogP contribution in [-0.4, -0.2) is 33.9 Å². The van der Waals surface area contributed by atoms with Crippen molar-refractivity contribution in [1.82, 2.24) is 14.9 Å². The Morgan fingerprint density at radius 3 is 2.85 bits per heavy atom. The number of pyridine rings is 1. The van der Waals surface area contributed by atoms with E-state index in [1.54, 1.807) is 23.2 Å². The maximum atomic E-state index is 12.7. The molecule has 1 aliphatic heterocycles. The number of aromatic amines is 1. The number of aromatic nitrogens is 2. The van der Waals surface area contributed by atoms with E-state index < -0.39 is 0 Å². The van der Waals surface area contributed by atoms with Crippen LogP contribution in [0.4, 0.5) is 0 Å². The second-order valence-corrected chi connectivity index (χ2v) is 6.85. The van der Waals surface area contributed by atoms with Gasteiger partial charge in [0, 0.05) is 25.6 Å². The van der Waals surface area contributed by atoms with E-state index in [1.807, 2.05) is 18.2 Å². The molecule has 138 valence electrons. The van der Waals surface area contributed by atoms with E-state index in [1.165, 1.54) is 11.6 Å². The lowest BCUT2D eigenvalue weighted by Gasteiger charge is -2.31. The van der Waals surface area contributed by atoms with Crippen LogP contribution in [0.2, 0.25) is 0 Å². The van der Waals surface area contributed by atoms with Crippen LogP contribution in [0.1, 0.15) is 46.5 Å². The van der Waals surface area contributed by atoms with Crippen LogP contribution < -0.4 is 5.56 Å². The highest BCUT2D eigenvalue weighted by atomic mass is 16.4. The van der Waals surface area contributed by atoms with E-state index in [9.17, 15) is 9.59 Å². The molecule has 1 atom stereocenters. The molecule has 4 rings (SSSR count). The normalized spacial score (nSPS) is 17.0. The first-order valence-corrected chi connectivity index (χ1v) is 9.16. The van der Waals surface area contributed by atoms with Crippen molar-refractivity contribution in [3.05, 3.63) is 88.0 Å². The average Bonchev–Trinajstić information content (AvgIpc) is 3.17. The Morgan fingerprint density at radius 2 is 2.04 bits per heavy atom. The fourth-order valence-electron chi connectivity index (χ4n) is 3.50. The van der Waals surface area contributed by atoms with E-state index in [0.717, 1.165) is 18.6 Å². The van der Waals surface area contributed by atoms with Crippen molar-refractivity contribution in [3.8, 4) is 0 Å². The molecule has 3 aromatic rings. The lowest BCUT2D eigenvalue weighted by Crippen LogP contribution is -2.40. The van der Waals surface area contributed by atoms with E-state index in [4.69, 9.17) is 4.42 Å². The van der Waals surface area contributed by atoms with Gasteiger partial charge in [0.15, 0.2) is 5.89 Å². The quantitative estimate of drug-likeness (QED) is 0.773. The number of rotatable bonds is 4. The molecular formula is C21H21N3O3. The number of carbonyl (C=O) groups is 1. The Morgan fingerprint density at radius 1 is 1.19 bits per heavy atom. The monoisotopic (exact) mass is 363 g/mol. The summed E-state index contributed by atoms with van der Waals surface area (Å²) in [6, 6.07) is 14.7. The number of amides is 1. The van der Waals surface area contributed by atoms with E-state index >= 15 is 0 Å². The number of carbonyl (C=O) groups excluding carboxylic acids is 1. The van der Waals surface area contributed by atoms with E-state index in [0.29, 0.717) is 31.1 Å². The lowest BCUT2D eigenvalue weighted by atomic mass is 9.97. The van der Waals surface area contributed by atoms with Crippen LogP contribution in [0.3, 0.4) is 0 Å². The minimum absolute atomic E-state index is 0.0719. The highest BCUT2D eigenvalue weighted by Crippen LogP contribution is 2.27. The third kappa shape index (κ3) is 4.00. The van der Waals surface area contributed by atoms with Gasteiger partial charge >= 0.3 is 0 Å². The summed E-state index contributed by atoms with van der Waals surface area (Å²) in [6.07, 6.45) is 4.29. The molecule has 3 heterocycles. The minimum atomic E-state index is -0.271. The molecule has 1 aromatic carbocycles. The van der Waals surface area contributed by atoms with Gasteiger partial charge in [-0.05, 0) is 24.5 Å². The van der Waals surface area contributed by atoms with Crippen molar-refractivity contribution >= 4 is 5.91 Å². The highest BCUT2D eigenvalue weighted by Gasteiger charge is 2.28. The molecule has 6 nitrogen and oxygen atoms in total. The predicted molar refractivity (Wildman–Crippen MR) is 101 cm³/mol. The summed E-state index contributed by atoms with van der Waals surface area (Å²) in [7, 11) is 0. The molecular weight excluding hydrogens is 342 g/mol. The molecule has 0 aliphatic carbocycles. The number of likely N-dealkylation sites (tertiary alicyclic amines) is 1. The molecule has 0 radical (unpaired) electrons. The fraction of sp³-hybridized carbons (Fsp3) is 0.286. The van der Waals surface area contributed by atoms with Crippen molar-refractivity contribution in [1.29, 1.82) is 0 Å². The smallest absolute Gasteiger partial charge is 0.270 e. The Bertz CT molecular complexity index is 977. The number of nitrogens with zero attached hydrogens (tertiary/aromatic N) is 2. The Labute approximate surface area is 156 Å². The van der Waals surface area contributed by atoms with Gasteiger partial charge in [-0.3, -0.25) is 9.59 Å². The Kier molecular flexibility index (Phi) is 4.87. The van der Waals surface area contributed by atoms with Crippen molar-refractivity contribution < 1.29 is 9.21 Å². The molecule has 1 aliphatic rings. The molecule has 6 heteroatoms. The first kappa shape index (κ1) is 17.3. The largest absolute Gasteiger partial charge is 0.445 e. The summed E-state index contributed by atoms with van der Waals surface area (Å²) < 4.78 is 5.97. The standard InChI is InChI=1S/C21H21N3O3/c25-19-10-4-9-18(23-19)21(26)24-11-5-8-16(14-24)20-22-13-17(27-20)12-15-6-2-1-3-7-15/h1-4,6-7,9-10,13,16H,5,8,11-12,14H2,(H,23,25). The van der Waals surface area contributed by atoms with Crippen LogP contribution in [0.5, 0.6) is 0 Å². The van der Waals surface area contributed by atoms with Gasteiger partial charge in [0.05, 0.1) is 12.1 Å². The number of piperidine rings is 1. The van der Waals surface area contributed by atoms with Gasteiger partial charge in [-0.1, -0.05) is 36.4 Å². The minimum Gasteiger partial charge on any atom is -0.445 e. The van der Waals surface area contributed by atoms with Gasteiger partial charge in [0.1, 0.15) is 11.5 Å². The second kappa shape index (κ2) is 7.61. The number of hydrogen-bond donors (Lipinski definition) is 1. The van der Waals surface area contributed by atoms with Crippen molar-refractivity contribution in [2.45, 2.75) is 25.2 Å². The van der Waals surface area contributed by atoms with Gasteiger partial charge in [-0.2, -0.15) is 0 Å². The molecule has 1 fully saturated rings. The van der Waals surface area contributed by atoms with Crippen LogP contribution in [0, 0.1) is 0 Å². The molecule has 1 amide bonds. The first-order valence-electron chi connectivity index (χ1n) is 9.16. The zero-order valence-electron chi connectivity index (χ0n) is 14.9. The number of nitrogens with one attached hydrogen (secondary N) is 1. The molecule has 1 saturated heterocycles. The molecule has 0 saturated carbocycles. The Hall–Kier alpha value is -3.15. The fourth-order valence-corrected chi connectivity index (χ4v) is 3.50. The lowest BCUT2D eigenvalue weighted by molar-refractivity contribution is 0.0691. The summed E-state index contributed by atoms with van der Waals surface area (Å²) in [5, 5.41) is 0.